The van der Waals surface area contributed by atoms with E-state index in [9.17, 15) is 0 Å². The number of aliphatic hydroxyl groups is 1. The van der Waals surface area contributed by atoms with Crippen LogP contribution in [0.15, 0.2) is 36.9 Å². The molecule has 0 bridgehead atoms. The zero-order chi connectivity index (χ0) is 12.5. The number of nitrogens with zero attached hydrogens (tertiary/aromatic N) is 1. The highest BCUT2D eigenvalue weighted by atomic mass is 16.5. The third-order valence-corrected chi connectivity index (χ3v) is 2.58. The molecule has 3 heteroatoms. The molecule has 0 unspecified atom stereocenters. The van der Waals surface area contributed by atoms with Crippen LogP contribution in [0.2, 0.25) is 0 Å². The van der Waals surface area contributed by atoms with Gasteiger partial charge in [0.25, 0.3) is 0 Å². The first-order valence-electron chi connectivity index (χ1n) is 5.87. The van der Waals surface area contributed by atoms with Crippen LogP contribution in [0.3, 0.4) is 0 Å². The van der Waals surface area contributed by atoms with Gasteiger partial charge >= 0.3 is 0 Å². The van der Waals surface area contributed by atoms with E-state index in [2.05, 4.69) is 23.6 Å². The van der Waals surface area contributed by atoms with Crippen molar-refractivity contribution in [2.24, 2.45) is 0 Å². The van der Waals surface area contributed by atoms with Crippen LogP contribution in [0.4, 0.5) is 0 Å². The highest BCUT2D eigenvalue weighted by Crippen LogP contribution is 2.13. The molecule has 0 heterocycles. The van der Waals surface area contributed by atoms with Crippen molar-refractivity contribution in [1.82, 2.24) is 4.90 Å². The molecule has 0 spiro atoms. The van der Waals surface area contributed by atoms with Crippen LogP contribution in [0.25, 0.3) is 0 Å². The average molecular weight is 235 g/mol. The van der Waals surface area contributed by atoms with Crippen molar-refractivity contribution in [1.29, 1.82) is 0 Å². The highest BCUT2D eigenvalue weighted by molar-refractivity contribution is 5.27. The minimum atomic E-state index is 0.232. The molecule has 94 valence electrons. The first-order valence-corrected chi connectivity index (χ1v) is 5.87. The Morgan fingerprint density at radius 2 is 2.06 bits per heavy atom. The van der Waals surface area contributed by atoms with Gasteiger partial charge < -0.3 is 9.84 Å². The summed E-state index contributed by atoms with van der Waals surface area (Å²) in [5.41, 5.74) is 1.24. The molecule has 3 nitrogen and oxygen atoms in total. The lowest BCUT2D eigenvalue weighted by atomic mass is 10.2. The topological polar surface area (TPSA) is 32.7 Å². The molecule has 0 saturated heterocycles. The van der Waals surface area contributed by atoms with E-state index in [-0.39, 0.29) is 6.61 Å². The standard InChI is InChI=1S/C14H21NO2/c1-3-9-15(10-4-11-16)12-13-5-7-14(17-2)8-6-13/h3,5-8,16H,1,4,9-12H2,2H3. The molecule has 1 rings (SSSR count). The summed E-state index contributed by atoms with van der Waals surface area (Å²) in [6, 6.07) is 8.06. The summed E-state index contributed by atoms with van der Waals surface area (Å²) in [6.07, 6.45) is 2.69. The van der Waals surface area contributed by atoms with E-state index in [1.165, 1.54) is 5.56 Å². The van der Waals surface area contributed by atoms with E-state index in [0.717, 1.165) is 31.8 Å². The predicted octanol–water partition coefficient (Wildman–Crippen LogP) is 2.07. The Bertz CT molecular complexity index is 321. The van der Waals surface area contributed by atoms with E-state index >= 15 is 0 Å². The molecule has 1 aromatic carbocycles. The average Bonchev–Trinajstić information content (AvgIpc) is 2.37. The van der Waals surface area contributed by atoms with Gasteiger partial charge in [0.15, 0.2) is 0 Å². The van der Waals surface area contributed by atoms with E-state index in [1.807, 2.05) is 18.2 Å². The maximum atomic E-state index is 8.85. The second kappa shape index (κ2) is 7.87. The summed E-state index contributed by atoms with van der Waals surface area (Å²) < 4.78 is 5.12. The van der Waals surface area contributed by atoms with Gasteiger partial charge in [-0.25, -0.2) is 0 Å². The summed E-state index contributed by atoms with van der Waals surface area (Å²) >= 11 is 0. The summed E-state index contributed by atoms with van der Waals surface area (Å²) in [6.45, 7) is 6.58. The van der Waals surface area contributed by atoms with Crippen LogP contribution < -0.4 is 4.74 Å². The summed E-state index contributed by atoms with van der Waals surface area (Å²) in [5, 5.41) is 8.85. The van der Waals surface area contributed by atoms with Crippen LogP contribution in [-0.2, 0) is 6.54 Å². The fourth-order valence-electron chi connectivity index (χ4n) is 1.70. The van der Waals surface area contributed by atoms with Gasteiger partial charge in [-0.1, -0.05) is 18.2 Å². The molecule has 17 heavy (non-hydrogen) atoms. The highest BCUT2D eigenvalue weighted by Gasteiger charge is 2.04. The number of benzene rings is 1. The van der Waals surface area contributed by atoms with Crippen molar-refractivity contribution in [2.45, 2.75) is 13.0 Å². The Morgan fingerprint density at radius 3 is 2.59 bits per heavy atom. The van der Waals surface area contributed by atoms with Gasteiger partial charge in [0.05, 0.1) is 7.11 Å². The fraction of sp³-hybridized carbons (Fsp3) is 0.429. The van der Waals surface area contributed by atoms with Gasteiger partial charge in [-0.15, -0.1) is 6.58 Å². The minimum absolute atomic E-state index is 0.232. The maximum absolute atomic E-state index is 8.85. The summed E-state index contributed by atoms with van der Waals surface area (Å²) in [7, 11) is 1.67. The lowest BCUT2D eigenvalue weighted by Gasteiger charge is -2.20. The van der Waals surface area contributed by atoms with Crippen molar-refractivity contribution >= 4 is 0 Å². The second-order valence-corrected chi connectivity index (χ2v) is 3.95. The first-order chi connectivity index (χ1) is 8.30. The predicted molar refractivity (Wildman–Crippen MR) is 70.2 cm³/mol. The number of hydrogen-bond donors (Lipinski definition) is 1. The van der Waals surface area contributed by atoms with Crippen LogP contribution in [0.1, 0.15) is 12.0 Å². The summed E-state index contributed by atoms with van der Waals surface area (Å²) in [4.78, 5) is 2.25. The quantitative estimate of drug-likeness (QED) is 0.700. The van der Waals surface area contributed by atoms with Gasteiger partial charge in [0.1, 0.15) is 5.75 Å². The van der Waals surface area contributed by atoms with Crippen LogP contribution >= 0.6 is 0 Å². The molecule has 0 radical (unpaired) electrons. The van der Waals surface area contributed by atoms with Crippen molar-refractivity contribution in [3.8, 4) is 5.75 Å². The fourth-order valence-corrected chi connectivity index (χ4v) is 1.70. The molecule has 0 saturated carbocycles. The molecule has 0 aliphatic heterocycles. The zero-order valence-electron chi connectivity index (χ0n) is 10.4. The summed E-state index contributed by atoms with van der Waals surface area (Å²) in [5.74, 6) is 0.874. The monoisotopic (exact) mass is 235 g/mol. The van der Waals surface area contributed by atoms with Gasteiger partial charge in [-0.3, -0.25) is 4.90 Å². The first kappa shape index (κ1) is 13.7. The van der Waals surface area contributed by atoms with Crippen LogP contribution in [0.5, 0.6) is 5.75 Å². The van der Waals surface area contributed by atoms with Crippen molar-refractivity contribution in [3.05, 3.63) is 42.5 Å². The van der Waals surface area contributed by atoms with Crippen molar-refractivity contribution < 1.29 is 9.84 Å². The lowest BCUT2D eigenvalue weighted by Crippen LogP contribution is -2.25. The van der Waals surface area contributed by atoms with Gasteiger partial charge in [-0.2, -0.15) is 0 Å². The molecule has 1 aromatic rings. The van der Waals surface area contributed by atoms with Crippen molar-refractivity contribution in [3.63, 3.8) is 0 Å². The smallest absolute Gasteiger partial charge is 0.118 e. The Labute approximate surface area is 103 Å². The molecule has 0 atom stereocenters. The molecule has 0 aliphatic rings. The van der Waals surface area contributed by atoms with Crippen LogP contribution in [-0.4, -0.2) is 36.8 Å². The number of hydrogen-bond acceptors (Lipinski definition) is 3. The van der Waals surface area contributed by atoms with Gasteiger partial charge in [0, 0.05) is 26.2 Å². The van der Waals surface area contributed by atoms with Crippen molar-refractivity contribution in [2.75, 3.05) is 26.8 Å². The normalized spacial score (nSPS) is 10.5. The van der Waals surface area contributed by atoms with E-state index in [1.54, 1.807) is 7.11 Å². The number of ether oxygens (including phenoxy) is 1. The lowest BCUT2D eigenvalue weighted by molar-refractivity contribution is 0.232. The third kappa shape index (κ3) is 5.02. The SMILES string of the molecule is C=CCN(CCCO)Cc1ccc(OC)cc1. The second-order valence-electron chi connectivity index (χ2n) is 3.95. The van der Waals surface area contributed by atoms with Crippen LogP contribution in [0, 0.1) is 0 Å². The Kier molecular flexibility index (Phi) is 6.37. The zero-order valence-corrected chi connectivity index (χ0v) is 10.4. The van der Waals surface area contributed by atoms with Gasteiger partial charge in [0.2, 0.25) is 0 Å². The number of methoxy groups -OCH3 is 1. The third-order valence-electron chi connectivity index (χ3n) is 2.58. The van der Waals surface area contributed by atoms with E-state index < -0.39 is 0 Å². The Hall–Kier alpha value is -1.32. The molecule has 1 N–H and O–H groups in total. The number of aliphatic hydroxyl groups excluding tert-OH is 1. The molecule has 0 aromatic heterocycles. The van der Waals surface area contributed by atoms with Gasteiger partial charge in [-0.05, 0) is 24.1 Å². The largest absolute Gasteiger partial charge is 0.497 e. The van der Waals surface area contributed by atoms with E-state index in [4.69, 9.17) is 9.84 Å². The Balaban J connectivity index is 2.54. The Morgan fingerprint density at radius 1 is 1.35 bits per heavy atom. The number of rotatable bonds is 8. The minimum Gasteiger partial charge on any atom is -0.497 e. The maximum Gasteiger partial charge on any atom is 0.118 e. The molecular weight excluding hydrogens is 214 g/mol. The molecule has 0 amide bonds. The molecule has 0 aliphatic carbocycles. The molecule has 0 fully saturated rings. The molecular formula is C14H21NO2. The van der Waals surface area contributed by atoms with E-state index in [0.29, 0.717) is 0 Å².